The predicted octanol–water partition coefficient (Wildman–Crippen LogP) is 3.61. The molecule has 1 aliphatic heterocycles. The Balaban J connectivity index is 1.40. The number of nitrogens with one attached hydrogen (secondary N) is 1. The molecule has 2 heterocycles. The van der Waals surface area contributed by atoms with Crippen LogP contribution in [0.2, 0.25) is 0 Å². The Morgan fingerprint density at radius 2 is 1.87 bits per heavy atom. The Morgan fingerprint density at radius 1 is 1.16 bits per heavy atom. The Labute approximate surface area is 181 Å². The van der Waals surface area contributed by atoms with Gasteiger partial charge >= 0.3 is 0 Å². The molecule has 1 aromatic carbocycles. The van der Waals surface area contributed by atoms with Gasteiger partial charge in [0, 0.05) is 43.5 Å². The lowest BCUT2D eigenvalue weighted by Gasteiger charge is -2.31. The normalized spacial score (nSPS) is 14.3. The van der Waals surface area contributed by atoms with E-state index in [1.54, 1.807) is 42.2 Å². The molecule has 3 rings (SSSR count). The number of likely N-dealkylation sites (tertiary alicyclic amines) is 1. The summed E-state index contributed by atoms with van der Waals surface area (Å²) in [6.07, 6.45) is 2.43. The van der Waals surface area contributed by atoms with Crippen LogP contribution in [0.5, 0.6) is 5.75 Å². The number of rotatable bonds is 9. The van der Waals surface area contributed by atoms with Crippen molar-refractivity contribution >= 4 is 23.4 Å². The van der Waals surface area contributed by atoms with Crippen LogP contribution >= 0.6 is 0 Å². The van der Waals surface area contributed by atoms with Crippen LogP contribution in [0, 0.1) is 12.8 Å². The number of piperidine rings is 1. The average molecular weight is 428 g/mol. The molecular formula is C23H29N3O5. The SMILES string of the molecule is CCCOc1ccc(C(=O)CCC(=O)N2CCC(C(=O)Nc3cc(C)on3)CC2)cc1. The zero-order valence-corrected chi connectivity index (χ0v) is 18.1. The molecule has 2 amide bonds. The number of aryl methyl sites for hydroxylation is 1. The molecular weight excluding hydrogens is 398 g/mol. The molecule has 8 nitrogen and oxygen atoms in total. The highest BCUT2D eigenvalue weighted by Gasteiger charge is 2.28. The van der Waals surface area contributed by atoms with Crippen molar-refractivity contribution in [2.75, 3.05) is 25.0 Å². The van der Waals surface area contributed by atoms with Gasteiger partial charge in [-0.05, 0) is 50.5 Å². The van der Waals surface area contributed by atoms with Crippen molar-refractivity contribution in [2.24, 2.45) is 5.92 Å². The lowest BCUT2D eigenvalue weighted by molar-refractivity contribution is -0.134. The quantitative estimate of drug-likeness (QED) is 0.614. The highest BCUT2D eigenvalue weighted by molar-refractivity contribution is 5.98. The van der Waals surface area contributed by atoms with E-state index in [2.05, 4.69) is 10.5 Å². The maximum atomic E-state index is 12.5. The molecule has 1 N–H and O–H groups in total. The highest BCUT2D eigenvalue weighted by Crippen LogP contribution is 2.21. The number of carbonyl (C=O) groups is 3. The molecule has 1 aromatic heterocycles. The van der Waals surface area contributed by atoms with Crippen LogP contribution in [0.25, 0.3) is 0 Å². The molecule has 1 fully saturated rings. The number of ether oxygens (including phenoxy) is 1. The first kappa shape index (κ1) is 22.5. The zero-order chi connectivity index (χ0) is 22.2. The number of carbonyl (C=O) groups excluding carboxylic acids is 3. The van der Waals surface area contributed by atoms with Crippen LogP contribution in [-0.4, -0.2) is 47.4 Å². The van der Waals surface area contributed by atoms with Gasteiger partial charge < -0.3 is 19.5 Å². The van der Waals surface area contributed by atoms with Crippen LogP contribution in [-0.2, 0) is 9.59 Å². The minimum Gasteiger partial charge on any atom is -0.494 e. The minimum absolute atomic E-state index is 0.0535. The predicted molar refractivity (Wildman–Crippen MR) is 115 cm³/mol. The van der Waals surface area contributed by atoms with E-state index in [0.717, 1.165) is 12.2 Å². The van der Waals surface area contributed by atoms with E-state index < -0.39 is 0 Å². The van der Waals surface area contributed by atoms with Crippen molar-refractivity contribution in [1.82, 2.24) is 10.1 Å². The molecule has 8 heteroatoms. The van der Waals surface area contributed by atoms with Crippen LogP contribution in [0.1, 0.15) is 55.1 Å². The van der Waals surface area contributed by atoms with E-state index in [1.165, 1.54) is 0 Å². The van der Waals surface area contributed by atoms with E-state index >= 15 is 0 Å². The number of Topliss-reactive ketones (excluding diaryl/α,β-unsaturated/α-hetero) is 1. The molecule has 2 aromatic rings. The topological polar surface area (TPSA) is 102 Å². The number of amides is 2. The second-order valence-corrected chi connectivity index (χ2v) is 7.76. The summed E-state index contributed by atoms with van der Waals surface area (Å²) in [6.45, 7) is 5.44. The second kappa shape index (κ2) is 10.7. The number of benzene rings is 1. The number of hydrogen-bond donors (Lipinski definition) is 1. The summed E-state index contributed by atoms with van der Waals surface area (Å²) in [5.74, 6) is 1.38. The summed E-state index contributed by atoms with van der Waals surface area (Å²) in [5, 5.41) is 6.52. The first-order valence-electron chi connectivity index (χ1n) is 10.7. The molecule has 0 unspecified atom stereocenters. The second-order valence-electron chi connectivity index (χ2n) is 7.76. The summed E-state index contributed by atoms with van der Waals surface area (Å²) in [5.41, 5.74) is 0.579. The maximum Gasteiger partial charge on any atom is 0.228 e. The first-order chi connectivity index (χ1) is 15.0. The third-order valence-electron chi connectivity index (χ3n) is 5.31. The summed E-state index contributed by atoms with van der Waals surface area (Å²) < 4.78 is 10.5. The molecule has 1 saturated heterocycles. The molecule has 0 atom stereocenters. The van der Waals surface area contributed by atoms with E-state index in [1.807, 2.05) is 6.92 Å². The number of anilines is 1. The van der Waals surface area contributed by atoms with Gasteiger partial charge in [-0.3, -0.25) is 14.4 Å². The molecule has 0 saturated carbocycles. The Kier molecular flexibility index (Phi) is 7.81. The minimum atomic E-state index is -0.170. The molecule has 0 aliphatic carbocycles. The van der Waals surface area contributed by atoms with Gasteiger partial charge in [0.1, 0.15) is 11.5 Å². The fraction of sp³-hybridized carbons (Fsp3) is 0.478. The van der Waals surface area contributed by atoms with E-state index in [0.29, 0.717) is 49.7 Å². The zero-order valence-electron chi connectivity index (χ0n) is 18.1. The first-order valence-corrected chi connectivity index (χ1v) is 10.7. The summed E-state index contributed by atoms with van der Waals surface area (Å²) in [6, 6.07) is 8.69. The number of ketones is 1. The average Bonchev–Trinajstić information content (AvgIpc) is 3.20. The number of nitrogens with zero attached hydrogens (tertiary/aromatic N) is 2. The van der Waals surface area contributed by atoms with E-state index in [-0.39, 0.29) is 36.4 Å². The van der Waals surface area contributed by atoms with Gasteiger partial charge in [-0.15, -0.1) is 0 Å². The largest absolute Gasteiger partial charge is 0.494 e. The van der Waals surface area contributed by atoms with Gasteiger partial charge in [0.2, 0.25) is 11.8 Å². The van der Waals surface area contributed by atoms with Crippen LogP contribution < -0.4 is 10.1 Å². The molecule has 1 aliphatic rings. The number of aromatic nitrogens is 1. The molecule has 0 spiro atoms. The molecule has 0 radical (unpaired) electrons. The van der Waals surface area contributed by atoms with Gasteiger partial charge in [-0.25, -0.2) is 0 Å². The lowest BCUT2D eigenvalue weighted by atomic mass is 9.95. The van der Waals surface area contributed by atoms with Crippen LogP contribution in [0.15, 0.2) is 34.9 Å². The van der Waals surface area contributed by atoms with E-state index in [4.69, 9.17) is 9.26 Å². The molecule has 166 valence electrons. The van der Waals surface area contributed by atoms with Crippen molar-refractivity contribution in [1.29, 1.82) is 0 Å². The standard InChI is InChI=1S/C23H29N3O5/c1-3-14-30-19-6-4-17(5-7-19)20(27)8-9-22(28)26-12-10-18(11-13-26)23(29)24-21-15-16(2)31-25-21/h4-7,15,18H,3,8-14H2,1-2H3,(H,24,25,29). The fourth-order valence-corrected chi connectivity index (χ4v) is 3.52. The summed E-state index contributed by atoms with van der Waals surface area (Å²) in [7, 11) is 0. The van der Waals surface area contributed by atoms with Crippen LogP contribution in [0.3, 0.4) is 0 Å². The van der Waals surface area contributed by atoms with Crippen molar-refractivity contribution in [3.05, 3.63) is 41.7 Å². The summed E-state index contributed by atoms with van der Waals surface area (Å²) >= 11 is 0. The van der Waals surface area contributed by atoms with Gasteiger partial charge in [-0.1, -0.05) is 12.1 Å². The summed E-state index contributed by atoms with van der Waals surface area (Å²) in [4.78, 5) is 39.0. The smallest absolute Gasteiger partial charge is 0.228 e. The Morgan fingerprint density at radius 3 is 2.48 bits per heavy atom. The maximum absolute atomic E-state index is 12.5. The van der Waals surface area contributed by atoms with E-state index in [9.17, 15) is 14.4 Å². The Hall–Kier alpha value is -3.16. The molecule has 0 bridgehead atoms. The van der Waals surface area contributed by atoms with Gasteiger partial charge in [0.15, 0.2) is 11.6 Å². The fourth-order valence-electron chi connectivity index (χ4n) is 3.52. The lowest BCUT2D eigenvalue weighted by Crippen LogP contribution is -2.41. The van der Waals surface area contributed by atoms with Crippen LogP contribution in [0.4, 0.5) is 5.82 Å². The third-order valence-corrected chi connectivity index (χ3v) is 5.31. The molecule has 31 heavy (non-hydrogen) atoms. The van der Waals surface area contributed by atoms with Gasteiger partial charge in [-0.2, -0.15) is 0 Å². The van der Waals surface area contributed by atoms with Crippen molar-refractivity contribution in [3.63, 3.8) is 0 Å². The van der Waals surface area contributed by atoms with Crippen molar-refractivity contribution in [3.8, 4) is 5.75 Å². The third kappa shape index (κ3) is 6.41. The number of hydrogen-bond acceptors (Lipinski definition) is 6. The van der Waals surface area contributed by atoms with Gasteiger partial charge in [0.25, 0.3) is 0 Å². The Bertz CT molecular complexity index is 898. The van der Waals surface area contributed by atoms with Crippen molar-refractivity contribution < 1.29 is 23.6 Å². The van der Waals surface area contributed by atoms with Crippen molar-refractivity contribution in [2.45, 2.75) is 46.0 Å². The monoisotopic (exact) mass is 427 g/mol. The van der Waals surface area contributed by atoms with Gasteiger partial charge in [0.05, 0.1) is 6.61 Å². The highest BCUT2D eigenvalue weighted by atomic mass is 16.5.